The summed E-state index contributed by atoms with van der Waals surface area (Å²) in [5.74, 6) is 1.76. The molecular formula is C63H66N4O12S2. The molecule has 0 bridgehead atoms. The Balaban J connectivity index is 0.000000185. The summed E-state index contributed by atoms with van der Waals surface area (Å²) in [6, 6.07) is 44.2. The lowest BCUT2D eigenvalue weighted by atomic mass is 9.88. The molecule has 2 aliphatic heterocycles. The van der Waals surface area contributed by atoms with Crippen molar-refractivity contribution in [1.29, 1.82) is 0 Å². The van der Waals surface area contributed by atoms with E-state index in [0.717, 1.165) is 66.3 Å². The molecule has 0 amide bonds. The first-order valence-electron chi connectivity index (χ1n) is 27.3. The third-order valence-corrected chi connectivity index (χ3v) is 20.1. The largest absolute Gasteiger partial charge is 0.504 e. The molecule has 4 aliphatic rings. The predicted octanol–water partition coefficient (Wildman–Crippen LogP) is 8.78. The number of rotatable bonds is 21. The number of aliphatic hydroxyl groups excluding tert-OH is 2. The van der Waals surface area contributed by atoms with Crippen molar-refractivity contribution in [2.45, 2.75) is 104 Å². The first kappa shape index (κ1) is 56.9. The van der Waals surface area contributed by atoms with E-state index < -0.39 is 30.9 Å². The highest BCUT2D eigenvalue weighted by atomic mass is 32.2. The molecule has 2 saturated carbocycles. The summed E-state index contributed by atoms with van der Waals surface area (Å²) in [4.78, 5) is 36.8. The lowest BCUT2D eigenvalue weighted by molar-refractivity contribution is -0.121. The number of nitrogens with zero attached hydrogens (tertiary/aromatic N) is 4. The molecule has 0 unspecified atom stereocenters. The fourth-order valence-corrected chi connectivity index (χ4v) is 14.5. The standard InChI is InChI=1S/C35H36N2O6S.C28H30N2O6S/c1-42-32-17-14-27(21-33(32)43-24-25-7-3-2-4-8-25)35(18-19-35)34(39)22-28-9-5-11-31(36-28)26-12-15-30(16-13-26)44(40,41)37-20-6-10-29(37)23-38;1-36-26-12-9-20(16-25(26)32)28(13-14-28)27(33)17-21-4-2-6-24(29-21)19-7-10-23(11-8-19)37(34,35)30-15-3-5-22(30)18-31/h2-5,7-9,11-17,21,29,38H,6,10,18-20,22-24H2,1H3;2,4,6-12,16,22,31-32H,3,5,13-15,17-18H2,1H3/t29-;22-/m11/s1. The average molecular weight is 1140 g/mol. The molecule has 16 nitrogen and oxygen atoms in total. The van der Waals surface area contributed by atoms with Crippen LogP contribution in [0.15, 0.2) is 161 Å². The normalized spacial score (nSPS) is 18.3. The highest BCUT2D eigenvalue weighted by Crippen LogP contribution is 2.52. The zero-order chi connectivity index (χ0) is 56.9. The number of benzene rings is 5. The number of phenolic OH excluding ortho intramolecular Hbond substituents is 1. The number of aliphatic hydroxyl groups is 2. The van der Waals surface area contributed by atoms with Gasteiger partial charge in [-0.3, -0.25) is 19.6 Å². The minimum absolute atomic E-state index is 0.0151. The first-order valence-corrected chi connectivity index (χ1v) is 30.2. The van der Waals surface area contributed by atoms with Crippen LogP contribution in [0.5, 0.6) is 23.0 Å². The number of phenols is 1. The van der Waals surface area contributed by atoms with E-state index in [9.17, 15) is 41.7 Å². The molecular weight excluding hydrogens is 1070 g/mol. The van der Waals surface area contributed by atoms with Crippen molar-refractivity contribution < 1.29 is 56.0 Å². The van der Waals surface area contributed by atoms with Crippen molar-refractivity contribution in [1.82, 2.24) is 18.6 Å². The number of aromatic nitrogens is 2. The number of carbonyl (C=O) groups excluding carboxylic acids is 2. The van der Waals surface area contributed by atoms with Gasteiger partial charge < -0.3 is 29.5 Å². The van der Waals surface area contributed by atoms with Gasteiger partial charge in [0.1, 0.15) is 18.2 Å². The summed E-state index contributed by atoms with van der Waals surface area (Å²) in [5, 5.41) is 29.3. The Labute approximate surface area is 473 Å². The van der Waals surface area contributed by atoms with Crippen LogP contribution in [-0.4, -0.2) is 115 Å². The number of aromatic hydroxyl groups is 1. The number of Topliss-reactive ketones (excluding diaryl/α,β-unsaturated/α-hetero) is 2. The van der Waals surface area contributed by atoms with Crippen LogP contribution in [0.2, 0.25) is 0 Å². The molecule has 422 valence electrons. The molecule has 0 radical (unpaired) electrons. The number of ketones is 2. The number of pyridine rings is 2. The summed E-state index contributed by atoms with van der Waals surface area (Å²) in [5.41, 5.74) is 5.66. The van der Waals surface area contributed by atoms with Crippen molar-refractivity contribution in [2.24, 2.45) is 0 Å². The van der Waals surface area contributed by atoms with Gasteiger partial charge in [0.25, 0.3) is 0 Å². The van der Waals surface area contributed by atoms with Crippen molar-refractivity contribution in [3.05, 3.63) is 180 Å². The molecule has 18 heteroatoms. The van der Waals surface area contributed by atoms with Crippen LogP contribution >= 0.6 is 0 Å². The monoisotopic (exact) mass is 1130 g/mol. The maximum atomic E-state index is 13.7. The first-order chi connectivity index (χ1) is 39.1. The number of ether oxygens (including phenoxy) is 3. The van der Waals surface area contributed by atoms with E-state index in [4.69, 9.17) is 19.2 Å². The maximum Gasteiger partial charge on any atom is 0.243 e. The SMILES string of the molecule is COc1ccc(C2(C(=O)Cc3cccc(-c4ccc(S(=O)(=O)N5CCC[C@@H]5CO)cc4)n3)CC2)cc1O.COc1ccc(C2(C(=O)Cc3cccc(-c4ccc(S(=O)(=O)N5CCC[C@@H]5CO)cc4)n3)CC2)cc1OCc1ccccc1. The topological polar surface area (TPSA) is 223 Å². The third kappa shape index (κ3) is 12.0. The Morgan fingerprint density at radius 3 is 1.44 bits per heavy atom. The van der Waals surface area contributed by atoms with Gasteiger partial charge in [-0.1, -0.05) is 78.9 Å². The van der Waals surface area contributed by atoms with Gasteiger partial charge in [-0.2, -0.15) is 8.61 Å². The number of hydrogen-bond acceptors (Lipinski definition) is 14. The molecule has 4 fully saturated rings. The molecule has 7 aromatic rings. The van der Waals surface area contributed by atoms with E-state index >= 15 is 0 Å². The summed E-state index contributed by atoms with van der Waals surface area (Å²) < 4.78 is 71.9. The second kappa shape index (κ2) is 24.0. The Morgan fingerprint density at radius 1 is 0.556 bits per heavy atom. The molecule has 2 aromatic heterocycles. The molecule has 2 aliphatic carbocycles. The molecule has 4 heterocycles. The van der Waals surface area contributed by atoms with E-state index in [0.29, 0.717) is 72.6 Å². The van der Waals surface area contributed by atoms with Crippen molar-refractivity contribution in [3.63, 3.8) is 0 Å². The van der Waals surface area contributed by atoms with Crippen LogP contribution in [-0.2, 0) is 59.9 Å². The van der Waals surface area contributed by atoms with Crippen molar-refractivity contribution in [2.75, 3.05) is 40.5 Å². The fourth-order valence-electron chi connectivity index (χ4n) is 11.1. The second-order valence-electron chi connectivity index (χ2n) is 21.2. The van der Waals surface area contributed by atoms with E-state index in [1.54, 1.807) is 67.8 Å². The van der Waals surface area contributed by atoms with E-state index in [-0.39, 0.29) is 65.2 Å². The highest BCUT2D eigenvalue weighted by Gasteiger charge is 2.52. The van der Waals surface area contributed by atoms with Crippen molar-refractivity contribution >= 4 is 31.6 Å². The quantitative estimate of drug-likeness (QED) is 0.0612. The lowest BCUT2D eigenvalue weighted by Crippen LogP contribution is -2.37. The van der Waals surface area contributed by atoms with Gasteiger partial charge >= 0.3 is 0 Å². The van der Waals surface area contributed by atoms with E-state index in [1.165, 1.54) is 15.7 Å². The smallest absolute Gasteiger partial charge is 0.243 e. The molecule has 11 rings (SSSR count). The summed E-state index contributed by atoms with van der Waals surface area (Å²) in [7, 11) is -4.29. The number of methoxy groups -OCH3 is 2. The van der Waals surface area contributed by atoms with Gasteiger partial charge in [0.15, 0.2) is 23.0 Å². The average Bonchev–Trinajstić information content (AvgIpc) is 4.47. The number of hydrogen-bond donors (Lipinski definition) is 3. The van der Waals surface area contributed by atoms with Crippen molar-refractivity contribution in [3.8, 4) is 45.5 Å². The Morgan fingerprint density at radius 2 is 1.01 bits per heavy atom. The highest BCUT2D eigenvalue weighted by molar-refractivity contribution is 7.89. The van der Waals surface area contributed by atoms with Gasteiger partial charge in [0.2, 0.25) is 20.0 Å². The molecule has 3 N–H and O–H groups in total. The minimum Gasteiger partial charge on any atom is -0.504 e. The lowest BCUT2D eigenvalue weighted by Gasteiger charge is -2.22. The Hall–Kier alpha value is -7.32. The fraction of sp³-hybridized carbons (Fsp3) is 0.333. The molecule has 2 saturated heterocycles. The van der Waals surface area contributed by atoms with Crippen LogP contribution in [0.1, 0.15) is 79.4 Å². The molecule has 81 heavy (non-hydrogen) atoms. The third-order valence-electron chi connectivity index (χ3n) is 16.1. The van der Waals surface area contributed by atoms with E-state index in [1.807, 2.05) is 91.0 Å². The Bertz CT molecular complexity index is 3630. The van der Waals surface area contributed by atoms with Crippen LogP contribution in [0.3, 0.4) is 0 Å². The molecule has 5 aromatic carbocycles. The van der Waals surface area contributed by atoms with Crippen LogP contribution in [0, 0.1) is 0 Å². The Kier molecular flexibility index (Phi) is 16.9. The minimum atomic E-state index is -3.69. The zero-order valence-corrected chi connectivity index (χ0v) is 46.9. The summed E-state index contributed by atoms with van der Waals surface area (Å²) in [6.45, 7) is 0.841. The second-order valence-corrected chi connectivity index (χ2v) is 24.9. The van der Waals surface area contributed by atoms with E-state index in [2.05, 4.69) is 4.98 Å². The van der Waals surface area contributed by atoms with Gasteiger partial charge in [-0.15, -0.1) is 0 Å². The van der Waals surface area contributed by atoms with Crippen LogP contribution < -0.4 is 14.2 Å². The van der Waals surface area contributed by atoms with Crippen LogP contribution in [0.4, 0.5) is 0 Å². The predicted molar refractivity (Wildman–Crippen MR) is 305 cm³/mol. The van der Waals surface area contributed by atoms with Gasteiger partial charge in [-0.25, -0.2) is 16.8 Å². The van der Waals surface area contributed by atoms with Crippen LogP contribution in [0.25, 0.3) is 22.5 Å². The molecule has 0 spiro atoms. The summed E-state index contributed by atoms with van der Waals surface area (Å²) in [6.07, 6.45) is 6.10. The van der Waals surface area contributed by atoms with Gasteiger partial charge in [0.05, 0.1) is 59.4 Å². The maximum absolute atomic E-state index is 13.7. The summed E-state index contributed by atoms with van der Waals surface area (Å²) >= 11 is 0. The van der Waals surface area contributed by atoms with Gasteiger partial charge in [-0.05, 0) is 141 Å². The molecule has 2 atom stereocenters. The number of sulfonamides is 2. The zero-order valence-electron chi connectivity index (χ0n) is 45.3. The van der Waals surface area contributed by atoms with Gasteiger partial charge in [0, 0.05) is 60.5 Å². The number of carbonyl (C=O) groups is 2.